The molecule has 3 fully saturated rings. The van der Waals surface area contributed by atoms with E-state index in [1.807, 2.05) is 30.3 Å². The van der Waals surface area contributed by atoms with Crippen LogP contribution in [0.5, 0.6) is 0 Å². The van der Waals surface area contributed by atoms with Gasteiger partial charge < -0.3 is 29.7 Å². The van der Waals surface area contributed by atoms with Crippen molar-refractivity contribution in [1.82, 2.24) is 15.1 Å². The third-order valence-electron chi connectivity index (χ3n) is 9.17. The molecule has 2 N–H and O–H groups in total. The maximum absolute atomic E-state index is 14.3. The molecule has 1 spiro atoms. The molecule has 4 rings (SSSR count). The maximum atomic E-state index is 14.3. The standard InChI is InChI=1S/C34H47N3O7/c1-5-8-13-20-36(19-7-3)32(41)30-34-18-17-25(44-34)28(29(34)31(40)37(30)23(4)22-38)33(42)43-26(24-14-11-10-12-15-24)21-35-27(39)16-9-6-2/h6-7,10-12,14-15,23,25-26,28-30,38H,2-3,5,8-9,13,16-22H2,1,4H3,(H,35,39)/t23-,25+,26+,28-,29-,30+,34-/m1/s1. The topological polar surface area (TPSA) is 125 Å². The number of aliphatic hydroxyl groups excluding tert-OH is 1. The van der Waals surface area contributed by atoms with Gasteiger partial charge in [-0.3, -0.25) is 19.2 Å². The molecule has 44 heavy (non-hydrogen) atoms. The number of allylic oxidation sites excluding steroid dienone is 1. The summed E-state index contributed by atoms with van der Waals surface area (Å²) in [6.45, 7) is 11.8. The van der Waals surface area contributed by atoms with Gasteiger partial charge in [-0.15, -0.1) is 13.2 Å². The summed E-state index contributed by atoms with van der Waals surface area (Å²) in [5.74, 6) is -3.26. The number of aliphatic hydroxyl groups is 1. The summed E-state index contributed by atoms with van der Waals surface area (Å²) in [5.41, 5.74) is -0.491. The summed E-state index contributed by atoms with van der Waals surface area (Å²) < 4.78 is 12.6. The van der Waals surface area contributed by atoms with Crippen molar-refractivity contribution in [3.05, 3.63) is 61.2 Å². The summed E-state index contributed by atoms with van der Waals surface area (Å²) in [4.78, 5) is 57.9. The molecule has 3 heterocycles. The number of hydrogen-bond donors (Lipinski definition) is 2. The van der Waals surface area contributed by atoms with E-state index in [1.54, 1.807) is 24.0 Å². The lowest BCUT2D eigenvalue weighted by atomic mass is 9.70. The average Bonchev–Trinajstić information content (AvgIpc) is 3.68. The molecule has 1 aromatic rings. The Morgan fingerprint density at radius 2 is 1.98 bits per heavy atom. The van der Waals surface area contributed by atoms with E-state index < -0.39 is 47.7 Å². The first-order chi connectivity index (χ1) is 21.2. The predicted molar refractivity (Wildman–Crippen MR) is 165 cm³/mol. The molecule has 0 aliphatic carbocycles. The maximum Gasteiger partial charge on any atom is 0.313 e. The van der Waals surface area contributed by atoms with Crippen LogP contribution in [0.15, 0.2) is 55.6 Å². The highest BCUT2D eigenvalue weighted by molar-refractivity contribution is 5.98. The third-order valence-corrected chi connectivity index (χ3v) is 9.17. The molecule has 7 atom stereocenters. The summed E-state index contributed by atoms with van der Waals surface area (Å²) in [5, 5.41) is 13.0. The van der Waals surface area contributed by atoms with Gasteiger partial charge in [0.2, 0.25) is 17.7 Å². The third kappa shape index (κ3) is 6.61. The Hall–Kier alpha value is -3.50. The normalized spacial score (nSPS) is 26.5. The van der Waals surface area contributed by atoms with Crippen molar-refractivity contribution in [1.29, 1.82) is 0 Å². The van der Waals surface area contributed by atoms with Gasteiger partial charge in [0.15, 0.2) is 0 Å². The quantitative estimate of drug-likeness (QED) is 0.158. The number of esters is 1. The zero-order valence-corrected chi connectivity index (χ0v) is 26.0. The number of likely N-dealkylation sites (tertiary alicyclic amines) is 1. The van der Waals surface area contributed by atoms with E-state index in [0.717, 1.165) is 19.3 Å². The molecular weight excluding hydrogens is 562 g/mol. The van der Waals surface area contributed by atoms with E-state index in [9.17, 15) is 24.3 Å². The van der Waals surface area contributed by atoms with Crippen LogP contribution in [0.4, 0.5) is 0 Å². The number of ether oxygens (including phenoxy) is 2. The molecule has 1 aromatic carbocycles. The summed E-state index contributed by atoms with van der Waals surface area (Å²) in [6.07, 6.45) is 6.48. The number of benzene rings is 1. The van der Waals surface area contributed by atoms with Gasteiger partial charge in [-0.05, 0) is 38.2 Å². The molecule has 0 aromatic heterocycles. The number of hydrogen-bond acceptors (Lipinski definition) is 7. The van der Waals surface area contributed by atoms with Crippen LogP contribution < -0.4 is 5.32 Å². The monoisotopic (exact) mass is 609 g/mol. The lowest BCUT2D eigenvalue weighted by molar-refractivity contribution is -0.161. The molecule has 2 bridgehead atoms. The van der Waals surface area contributed by atoms with Crippen molar-refractivity contribution in [3.8, 4) is 0 Å². The van der Waals surface area contributed by atoms with E-state index in [1.165, 1.54) is 4.90 Å². The predicted octanol–water partition coefficient (Wildman–Crippen LogP) is 3.31. The van der Waals surface area contributed by atoms with Crippen molar-refractivity contribution >= 4 is 23.7 Å². The van der Waals surface area contributed by atoms with Gasteiger partial charge in [0.1, 0.15) is 17.7 Å². The SMILES string of the molecule is C=CCCC(=O)NC[C@H](OC(=O)[C@@H]1[C@@H]2CC[C@]3(O2)[C@H](C(=O)N(CC=C)CCCCC)N([C@H](C)CO)C(=O)[C@@H]13)c1ccccc1. The van der Waals surface area contributed by atoms with Crippen LogP contribution in [0.25, 0.3) is 0 Å². The zero-order chi connectivity index (χ0) is 31.9. The number of amides is 3. The van der Waals surface area contributed by atoms with Crippen LogP contribution in [0.2, 0.25) is 0 Å². The largest absolute Gasteiger partial charge is 0.455 e. The average molecular weight is 610 g/mol. The Labute approximate surface area is 260 Å². The van der Waals surface area contributed by atoms with Gasteiger partial charge in [0.05, 0.1) is 37.1 Å². The molecule has 10 heteroatoms. The molecule has 0 radical (unpaired) electrons. The van der Waals surface area contributed by atoms with Crippen molar-refractivity contribution < 1.29 is 33.8 Å². The fourth-order valence-corrected chi connectivity index (χ4v) is 7.02. The van der Waals surface area contributed by atoms with Crippen LogP contribution in [-0.4, -0.2) is 88.6 Å². The van der Waals surface area contributed by atoms with Crippen LogP contribution >= 0.6 is 0 Å². The molecule has 3 saturated heterocycles. The smallest absolute Gasteiger partial charge is 0.313 e. The highest BCUT2D eigenvalue weighted by Gasteiger charge is 2.75. The van der Waals surface area contributed by atoms with Gasteiger partial charge >= 0.3 is 5.97 Å². The number of fused-ring (bicyclic) bond motifs is 1. The van der Waals surface area contributed by atoms with E-state index in [0.29, 0.717) is 37.9 Å². The second-order valence-electron chi connectivity index (χ2n) is 12.1. The minimum absolute atomic E-state index is 0.0663. The Kier molecular flexibility index (Phi) is 11.4. The summed E-state index contributed by atoms with van der Waals surface area (Å²) in [7, 11) is 0. The fraction of sp³-hybridized carbons (Fsp3) is 0.588. The van der Waals surface area contributed by atoms with E-state index in [2.05, 4.69) is 25.4 Å². The Balaban J connectivity index is 1.62. The minimum atomic E-state index is -1.20. The molecule has 240 valence electrons. The number of nitrogens with one attached hydrogen (secondary N) is 1. The number of nitrogens with zero attached hydrogens (tertiary/aromatic N) is 2. The molecule has 0 saturated carbocycles. The lowest BCUT2D eigenvalue weighted by Gasteiger charge is -2.38. The Bertz CT molecular complexity index is 1210. The van der Waals surface area contributed by atoms with E-state index >= 15 is 0 Å². The van der Waals surface area contributed by atoms with Gasteiger partial charge in [-0.25, -0.2) is 0 Å². The van der Waals surface area contributed by atoms with E-state index in [4.69, 9.17) is 9.47 Å². The number of unbranched alkanes of at least 4 members (excludes halogenated alkanes) is 2. The zero-order valence-electron chi connectivity index (χ0n) is 26.0. The number of carbonyl (C=O) groups excluding carboxylic acids is 4. The minimum Gasteiger partial charge on any atom is -0.455 e. The molecule has 3 aliphatic heterocycles. The van der Waals surface area contributed by atoms with Gasteiger partial charge in [0.25, 0.3) is 0 Å². The van der Waals surface area contributed by atoms with Gasteiger partial charge in [-0.2, -0.15) is 0 Å². The lowest BCUT2D eigenvalue weighted by Crippen LogP contribution is -2.58. The first-order valence-corrected chi connectivity index (χ1v) is 15.9. The molecule has 0 unspecified atom stereocenters. The summed E-state index contributed by atoms with van der Waals surface area (Å²) >= 11 is 0. The van der Waals surface area contributed by atoms with Crippen LogP contribution in [-0.2, 0) is 28.7 Å². The Morgan fingerprint density at radius 3 is 2.64 bits per heavy atom. The van der Waals surface area contributed by atoms with Crippen molar-refractivity contribution in [3.63, 3.8) is 0 Å². The number of rotatable bonds is 17. The van der Waals surface area contributed by atoms with Gasteiger partial charge in [0, 0.05) is 19.5 Å². The van der Waals surface area contributed by atoms with Crippen molar-refractivity contribution in [2.75, 3.05) is 26.2 Å². The van der Waals surface area contributed by atoms with Crippen LogP contribution in [0.1, 0.15) is 70.5 Å². The fourth-order valence-electron chi connectivity index (χ4n) is 7.02. The Morgan fingerprint density at radius 1 is 1.23 bits per heavy atom. The highest BCUT2D eigenvalue weighted by Crippen LogP contribution is 2.59. The van der Waals surface area contributed by atoms with Crippen molar-refractivity contribution in [2.45, 2.75) is 88.7 Å². The molecule has 10 nitrogen and oxygen atoms in total. The number of carbonyl (C=O) groups is 4. The first kappa shape index (κ1) is 33.4. The van der Waals surface area contributed by atoms with Gasteiger partial charge in [-0.1, -0.05) is 62.2 Å². The second kappa shape index (κ2) is 15.0. The van der Waals surface area contributed by atoms with Crippen LogP contribution in [0, 0.1) is 11.8 Å². The molecule has 3 aliphatic rings. The molecular formula is C34H47N3O7. The second-order valence-corrected chi connectivity index (χ2v) is 12.1. The van der Waals surface area contributed by atoms with Crippen LogP contribution in [0.3, 0.4) is 0 Å². The molecule has 3 amide bonds. The highest BCUT2D eigenvalue weighted by atomic mass is 16.6. The summed E-state index contributed by atoms with van der Waals surface area (Å²) in [6, 6.07) is 7.51. The van der Waals surface area contributed by atoms with E-state index in [-0.39, 0.29) is 37.3 Å². The van der Waals surface area contributed by atoms with Crippen molar-refractivity contribution in [2.24, 2.45) is 11.8 Å². The first-order valence-electron chi connectivity index (χ1n) is 15.9.